The zero-order valence-electron chi connectivity index (χ0n) is 11.8. The summed E-state index contributed by atoms with van der Waals surface area (Å²) >= 11 is 0. The lowest BCUT2D eigenvalue weighted by Crippen LogP contribution is -2.39. The second kappa shape index (κ2) is 7.58. The van der Waals surface area contributed by atoms with Crippen molar-refractivity contribution in [1.29, 1.82) is 0 Å². The van der Waals surface area contributed by atoms with Crippen molar-refractivity contribution in [3.63, 3.8) is 0 Å². The van der Waals surface area contributed by atoms with E-state index in [1.54, 1.807) is 18.2 Å². The topological polar surface area (TPSA) is 85.9 Å². The van der Waals surface area contributed by atoms with Gasteiger partial charge in [0, 0.05) is 18.7 Å². The number of rotatable bonds is 6. The summed E-state index contributed by atoms with van der Waals surface area (Å²) < 4.78 is 19.1. The zero-order valence-corrected chi connectivity index (χ0v) is 11.8. The molecule has 6 nitrogen and oxygen atoms in total. The molecule has 0 radical (unpaired) electrons. The molecule has 0 fully saturated rings. The van der Waals surface area contributed by atoms with Crippen LogP contribution in [0.3, 0.4) is 0 Å². The zero-order chi connectivity index (χ0) is 15.9. The van der Waals surface area contributed by atoms with Crippen LogP contribution in [0.1, 0.15) is 0 Å². The highest BCUT2D eigenvalue weighted by Crippen LogP contribution is 2.25. The standard InChI is InChI=1S/C15H17FN2O4/c16-12-4-3-11(14-2-1-9-22-14)10-13(12)17-15(21)18(5-7-19)6-8-20/h1-4,9-10,19-20H,5-8H2,(H,17,21). The van der Waals surface area contributed by atoms with Crippen LogP contribution in [0.5, 0.6) is 0 Å². The van der Waals surface area contributed by atoms with E-state index in [2.05, 4.69) is 5.32 Å². The smallest absolute Gasteiger partial charge is 0.322 e. The average molecular weight is 308 g/mol. The predicted octanol–water partition coefficient (Wildman–Crippen LogP) is 1.90. The fourth-order valence-corrected chi connectivity index (χ4v) is 1.97. The predicted molar refractivity (Wildman–Crippen MR) is 78.9 cm³/mol. The van der Waals surface area contributed by atoms with E-state index in [4.69, 9.17) is 14.6 Å². The molecule has 2 aromatic rings. The number of hydrogen-bond acceptors (Lipinski definition) is 4. The number of nitrogens with zero attached hydrogens (tertiary/aromatic N) is 1. The molecule has 118 valence electrons. The van der Waals surface area contributed by atoms with Crippen LogP contribution in [0.15, 0.2) is 41.0 Å². The molecule has 1 aromatic heterocycles. The van der Waals surface area contributed by atoms with Crippen molar-refractivity contribution in [3.05, 3.63) is 42.4 Å². The number of halogens is 1. The number of nitrogens with one attached hydrogen (secondary N) is 1. The number of anilines is 1. The first kappa shape index (κ1) is 16.0. The van der Waals surface area contributed by atoms with Crippen molar-refractivity contribution in [2.45, 2.75) is 0 Å². The molecular formula is C15H17FN2O4. The fraction of sp³-hybridized carbons (Fsp3) is 0.267. The van der Waals surface area contributed by atoms with Crippen LogP contribution in [-0.4, -0.2) is 47.4 Å². The summed E-state index contributed by atoms with van der Waals surface area (Å²) in [5, 5.41) is 20.3. The Morgan fingerprint density at radius 1 is 1.23 bits per heavy atom. The Labute approximate surface area is 126 Å². The van der Waals surface area contributed by atoms with Gasteiger partial charge in [0.2, 0.25) is 0 Å². The van der Waals surface area contributed by atoms with Gasteiger partial charge >= 0.3 is 6.03 Å². The second-order valence-corrected chi connectivity index (χ2v) is 4.54. The summed E-state index contributed by atoms with van der Waals surface area (Å²) in [5.41, 5.74) is 0.623. The number of benzene rings is 1. The number of carbonyl (C=O) groups is 1. The molecule has 0 aliphatic heterocycles. The maximum atomic E-state index is 13.8. The molecule has 3 N–H and O–H groups in total. The molecule has 0 saturated carbocycles. The van der Waals surface area contributed by atoms with Gasteiger partial charge in [-0.1, -0.05) is 0 Å². The lowest BCUT2D eigenvalue weighted by Gasteiger charge is -2.21. The second-order valence-electron chi connectivity index (χ2n) is 4.54. The Bertz CT molecular complexity index is 610. The summed E-state index contributed by atoms with van der Waals surface area (Å²) in [7, 11) is 0. The summed E-state index contributed by atoms with van der Waals surface area (Å²) in [6, 6.07) is 7.07. The number of amides is 2. The third-order valence-corrected chi connectivity index (χ3v) is 3.04. The maximum absolute atomic E-state index is 13.8. The monoisotopic (exact) mass is 308 g/mol. The Morgan fingerprint density at radius 3 is 2.55 bits per heavy atom. The summed E-state index contributed by atoms with van der Waals surface area (Å²) in [5.74, 6) is -0.0327. The SMILES string of the molecule is O=C(Nc1cc(-c2ccco2)ccc1F)N(CCO)CCO. The highest BCUT2D eigenvalue weighted by atomic mass is 19.1. The third-order valence-electron chi connectivity index (χ3n) is 3.04. The maximum Gasteiger partial charge on any atom is 0.322 e. The Morgan fingerprint density at radius 2 is 1.95 bits per heavy atom. The van der Waals surface area contributed by atoms with E-state index in [0.29, 0.717) is 11.3 Å². The van der Waals surface area contributed by atoms with Gasteiger partial charge in [-0.05, 0) is 30.3 Å². The van der Waals surface area contributed by atoms with Crippen LogP contribution >= 0.6 is 0 Å². The van der Waals surface area contributed by atoms with Crippen molar-refractivity contribution in [2.24, 2.45) is 0 Å². The van der Waals surface area contributed by atoms with Gasteiger partial charge in [-0.3, -0.25) is 0 Å². The lowest BCUT2D eigenvalue weighted by molar-refractivity contribution is 0.167. The first-order valence-electron chi connectivity index (χ1n) is 6.76. The quantitative estimate of drug-likeness (QED) is 0.761. The molecule has 22 heavy (non-hydrogen) atoms. The van der Waals surface area contributed by atoms with Crippen molar-refractivity contribution < 1.29 is 23.8 Å². The largest absolute Gasteiger partial charge is 0.464 e. The van der Waals surface area contributed by atoms with Gasteiger partial charge in [-0.25, -0.2) is 9.18 Å². The highest BCUT2D eigenvalue weighted by molar-refractivity contribution is 5.90. The number of aliphatic hydroxyl groups is 2. The number of hydrogen-bond donors (Lipinski definition) is 3. The summed E-state index contributed by atoms with van der Waals surface area (Å²) in [6.07, 6.45) is 1.50. The fourth-order valence-electron chi connectivity index (χ4n) is 1.97. The van der Waals surface area contributed by atoms with Crippen LogP contribution in [0.4, 0.5) is 14.9 Å². The van der Waals surface area contributed by atoms with E-state index in [9.17, 15) is 9.18 Å². The lowest BCUT2D eigenvalue weighted by atomic mass is 10.1. The van der Waals surface area contributed by atoms with Crippen molar-refractivity contribution in [1.82, 2.24) is 4.90 Å². The van der Waals surface area contributed by atoms with Crippen LogP contribution in [-0.2, 0) is 0 Å². The molecule has 7 heteroatoms. The van der Waals surface area contributed by atoms with Gasteiger partial charge in [0.15, 0.2) is 0 Å². The Balaban J connectivity index is 2.17. The van der Waals surface area contributed by atoms with E-state index in [1.807, 2.05) is 0 Å². The van der Waals surface area contributed by atoms with Crippen LogP contribution in [0, 0.1) is 5.82 Å². The number of furan rings is 1. The van der Waals surface area contributed by atoms with Crippen molar-refractivity contribution >= 4 is 11.7 Å². The van der Waals surface area contributed by atoms with Gasteiger partial charge in [-0.2, -0.15) is 0 Å². The van der Waals surface area contributed by atoms with E-state index in [1.165, 1.54) is 23.3 Å². The first-order valence-corrected chi connectivity index (χ1v) is 6.76. The molecule has 2 amide bonds. The number of carbonyl (C=O) groups excluding carboxylic acids is 1. The molecule has 0 bridgehead atoms. The number of urea groups is 1. The van der Waals surface area contributed by atoms with E-state index in [-0.39, 0.29) is 32.0 Å². The van der Waals surface area contributed by atoms with E-state index < -0.39 is 11.8 Å². The van der Waals surface area contributed by atoms with Crippen LogP contribution in [0.25, 0.3) is 11.3 Å². The Hall–Kier alpha value is -2.38. The normalized spacial score (nSPS) is 10.5. The van der Waals surface area contributed by atoms with Crippen molar-refractivity contribution in [2.75, 3.05) is 31.6 Å². The Kier molecular flexibility index (Phi) is 5.51. The summed E-state index contributed by atoms with van der Waals surface area (Å²) in [4.78, 5) is 13.2. The van der Waals surface area contributed by atoms with Crippen molar-refractivity contribution in [3.8, 4) is 11.3 Å². The molecular weight excluding hydrogens is 291 g/mol. The molecule has 2 rings (SSSR count). The van der Waals surface area contributed by atoms with Gasteiger partial charge in [0.25, 0.3) is 0 Å². The van der Waals surface area contributed by atoms with Gasteiger partial charge < -0.3 is 24.8 Å². The van der Waals surface area contributed by atoms with Crippen LogP contribution in [0.2, 0.25) is 0 Å². The molecule has 0 aliphatic carbocycles. The van der Waals surface area contributed by atoms with E-state index >= 15 is 0 Å². The summed E-state index contributed by atoms with van der Waals surface area (Å²) in [6.45, 7) is -0.400. The molecule has 0 aliphatic rings. The molecule has 0 atom stereocenters. The minimum atomic E-state index is -0.599. The number of aliphatic hydroxyl groups excluding tert-OH is 2. The van der Waals surface area contributed by atoms with Gasteiger partial charge in [0.05, 0.1) is 25.2 Å². The molecule has 1 heterocycles. The minimum absolute atomic E-state index is 0.000204. The third kappa shape index (κ3) is 3.84. The average Bonchev–Trinajstić information content (AvgIpc) is 3.03. The molecule has 1 aromatic carbocycles. The minimum Gasteiger partial charge on any atom is -0.464 e. The van der Waals surface area contributed by atoms with Crippen LogP contribution < -0.4 is 5.32 Å². The highest BCUT2D eigenvalue weighted by Gasteiger charge is 2.15. The molecule has 0 spiro atoms. The van der Waals surface area contributed by atoms with E-state index in [0.717, 1.165) is 0 Å². The molecule has 0 saturated heterocycles. The van der Waals surface area contributed by atoms with Gasteiger partial charge in [-0.15, -0.1) is 0 Å². The molecule has 0 unspecified atom stereocenters. The van der Waals surface area contributed by atoms with Gasteiger partial charge in [0.1, 0.15) is 11.6 Å². The first-order chi connectivity index (χ1) is 10.7.